The lowest BCUT2D eigenvalue weighted by atomic mass is 9.79. The molecule has 2 fully saturated rings. The standard InChI is InChI=1S/C19H25Cl2NO2/c1-11-7-8-22(19(11)24)15-4-6-17(23)14(10-15)9-13-3-5-16(20)12(2)18(13)21/h3,5,11,14-15,17,23H,4,6-10H2,1-2H3. The molecule has 132 valence electrons. The average Bonchev–Trinajstić information content (AvgIpc) is 2.89. The number of aliphatic hydroxyl groups excluding tert-OH is 1. The Hall–Kier alpha value is -0.770. The van der Waals surface area contributed by atoms with Crippen LogP contribution in [0.5, 0.6) is 0 Å². The van der Waals surface area contributed by atoms with Gasteiger partial charge in [0.1, 0.15) is 0 Å². The van der Waals surface area contributed by atoms with Gasteiger partial charge in [-0.2, -0.15) is 0 Å². The average molecular weight is 370 g/mol. The molecule has 0 spiro atoms. The molecule has 0 aromatic heterocycles. The van der Waals surface area contributed by atoms with Crippen molar-refractivity contribution in [1.82, 2.24) is 4.90 Å². The second-order valence-electron chi connectivity index (χ2n) is 7.37. The van der Waals surface area contributed by atoms with Crippen molar-refractivity contribution in [2.45, 2.75) is 58.1 Å². The lowest BCUT2D eigenvalue weighted by Gasteiger charge is -2.38. The van der Waals surface area contributed by atoms with E-state index in [1.165, 1.54) is 0 Å². The molecule has 24 heavy (non-hydrogen) atoms. The van der Waals surface area contributed by atoms with E-state index >= 15 is 0 Å². The van der Waals surface area contributed by atoms with Gasteiger partial charge in [0.25, 0.3) is 0 Å². The summed E-state index contributed by atoms with van der Waals surface area (Å²) in [5.74, 6) is 0.546. The van der Waals surface area contributed by atoms with E-state index < -0.39 is 0 Å². The van der Waals surface area contributed by atoms with E-state index in [2.05, 4.69) is 0 Å². The summed E-state index contributed by atoms with van der Waals surface area (Å²) >= 11 is 12.6. The van der Waals surface area contributed by atoms with Crippen molar-refractivity contribution in [2.75, 3.05) is 6.54 Å². The number of nitrogens with zero attached hydrogens (tertiary/aromatic N) is 1. The van der Waals surface area contributed by atoms with Crippen LogP contribution in [0.25, 0.3) is 0 Å². The molecular weight excluding hydrogens is 345 g/mol. The predicted molar refractivity (Wildman–Crippen MR) is 97.5 cm³/mol. The lowest BCUT2D eigenvalue weighted by Crippen LogP contribution is -2.44. The fourth-order valence-corrected chi connectivity index (χ4v) is 4.54. The molecule has 1 amide bonds. The number of benzene rings is 1. The normalized spacial score (nSPS) is 30.9. The van der Waals surface area contributed by atoms with Crippen molar-refractivity contribution in [3.8, 4) is 0 Å². The van der Waals surface area contributed by atoms with Crippen LogP contribution in [0.4, 0.5) is 0 Å². The number of halogens is 2. The summed E-state index contributed by atoms with van der Waals surface area (Å²) in [5.41, 5.74) is 1.92. The third-order valence-electron chi connectivity index (χ3n) is 5.75. The molecule has 3 rings (SSSR count). The molecule has 1 aromatic rings. The summed E-state index contributed by atoms with van der Waals surface area (Å²) in [6.45, 7) is 4.78. The summed E-state index contributed by atoms with van der Waals surface area (Å²) < 4.78 is 0. The van der Waals surface area contributed by atoms with Crippen molar-refractivity contribution in [3.05, 3.63) is 33.3 Å². The van der Waals surface area contributed by atoms with Crippen molar-refractivity contribution in [1.29, 1.82) is 0 Å². The summed E-state index contributed by atoms with van der Waals surface area (Å²) in [5, 5.41) is 11.8. The minimum atomic E-state index is -0.330. The van der Waals surface area contributed by atoms with Crippen LogP contribution in [-0.2, 0) is 11.2 Å². The van der Waals surface area contributed by atoms with Crippen molar-refractivity contribution < 1.29 is 9.90 Å². The molecule has 2 aliphatic rings. The van der Waals surface area contributed by atoms with E-state index in [0.717, 1.165) is 49.8 Å². The third-order valence-corrected chi connectivity index (χ3v) is 6.68. The molecule has 0 radical (unpaired) electrons. The minimum Gasteiger partial charge on any atom is -0.393 e. The van der Waals surface area contributed by atoms with Gasteiger partial charge < -0.3 is 10.0 Å². The molecule has 5 heteroatoms. The van der Waals surface area contributed by atoms with Crippen LogP contribution in [0.3, 0.4) is 0 Å². The first kappa shape index (κ1) is 18.0. The van der Waals surface area contributed by atoms with Crippen LogP contribution < -0.4 is 0 Å². The van der Waals surface area contributed by atoms with E-state index in [9.17, 15) is 9.90 Å². The Morgan fingerprint density at radius 2 is 2.00 bits per heavy atom. The van der Waals surface area contributed by atoms with E-state index in [0.29, 0.717) is 10.0 Å². The number of aliphatic hydroxyl groups is 1. The van der Waals surface area contributed by atoms with E-state index in [1.54, 1.807) is 0 Å². The number of hydrogen-bond acceptors (Lipinski definition) is 2. The van der Waals surface area contributed by atoms with Crippen LogP contribution in [0.1, 0.15) is 43.7 Å². The maximum atomic E-state index is 12.3. The van der Waals surface area contributed by atoms with Gasteiger partial charge >= 0.3 is 0 Å². The molecule has 0 bridgehead atoms. The first-order valence-electron chi connectivity index (χ1n) is 8.80. The number of hydrogen-bond donors (Lipinski definition) is 1. The van der Waals surface area contributed by atoms with Gasteiger partial charge in [0.2, 0.25) is 5.91 Å². The SMILES string of the molecule is Cc1c(Cl)ccc(CC2CC(N3CCC(C)C3=O)CCC2O)c1Cl. The van der Waals surface area contributed by atoms with Gasteiger partial charge in [-0.3, -0.25) is 4.79 Å². The monoisotopic (exact) mass is 369 g/mol. The van der Waals surface area contributed by atoms with Gasteiger partial charge in [-0.25, -0.2) is 0 Å². The molecule has 1 aromatic carbocycles. The molecule has 3 nitrogen and oxygen atoms in total. The summed E-state index contributed by atoms with van der Waals surface area (Å²) in [6.07, 6.45) is 3.83. The zero-order chi connectivity index (χ0) is 17.4. The van der Waals surface area contributed by atoms with E-state index in [4.69, 9.17) is 23.2 Å². The molecule has 1 N–H and O–H groups in total. The Morgan fingerprint density at radius 3 is 2.67 bits per heavy atom. The molecule has 1 heterocycles. The van der Waals surface area contributed by atoms with Gasteiger partial charge in [-0.05, 0) is 62.1 Å². The van der Waals surface area contributed by atoms with Crippen LogP contribution in [0.2, 0.25) is 10.0 Å². The Kier molecular flexibility index (Phi) is 5.43. The molecule has 1 saturated heterocycles. The highest BCUT2D eigenvalue weighted by Gasteiger charge is 2.38. The number of amides is 1. The highest BCUT2D eigenvalue weighted by atomic mass is 35.5. The first-order valence-corrected chi connectivity index (χ1v) is 9.56. The number of carbonyl (C=O) groups is 1. The topological polar surface area (TPSA) is 40.5 Å². The first-order chi connectivity index (χ1) is 11.4. The molecule has 4 unspecified atom stereocenters. The van der Waals surface area contributed by atoms with Crippen LogP contribution in [0.15, 0.2) is 12.1 Å². The number of rotatable bonds is 3. The Bertz CT molecular complexity index is 634. The van der Waals surface area contributed by atoms with Gasteiger partial charge in [0.15, 0.2) is 0 Å². The molecule has 1 saturated carbocycles. The van der Waals surface area contributed by atoms with E-state index in [1.807, 2.05) is 30.9 Å². The van der Waals surface area contributed by atoms with Gasteiger partial charge in [0.05, 0.1) is 6.10 Å². The predicted octanol–water partition coefficient (Wildman–Crippen LogP) is 4.24. The second-order valence-corrected chi connectivity index (χ2v) is 8.15. The quantitative estimate of drug-likeness (QED) is 0.865. The van der Waals surface area contributed by atoms with Crippen molar-refractivity contribution >= 4 is 29.1 Å². The smallest absolute Gasteiger partial charge is 0.225 e. The maximum Gasteiger partial charge on any atom is 0.225 e. The highest BCUT2D eigenvalue weighted by Crippen LogP contribution is 2.36. The van der Waals surface area contributed by atoms with Gasteiger partial charge in [-0.15, -0.1) is 0 Å². The van der Waals surface area contributed by atoms with Crippen LogP contribution >= 0.6 is 23.2 Å². The summed E-state index contributed by atoms with van der Waals surface area (Å²) in [4.78, 5) is 14.4. The minimum absolute atomic E-state index is 0.130. The molecular formula is C19H25Cl2NO2. The fourth-order valence-electron chi connectivity index (χ4n) is 4.10. The second kappa shape index (κ2) is 7.23. The third kappa shape index (κ3) is 3.44. The largest absolute Gasteiger partial charge is 0.393 e. The van der Waals surface area contributed by atoms with Crippen molar-refractivity contribution in [3.63, 3.8) is 0 Å². The Labute approximate surface area is 153 Å². The fraction of sp³-hybridized carbons (Fsp3) is 0.632. The molecule has 1 aliphatic heterocycles. The van der Waals surface area contributed by atoms with Gasteiger partial charge in [-0.1, -0.05) is 36.2 Å². The number of carbonyl (C=O) groups excluding carboxylic acids is 1. The molecule has 1 aliphatic carbocycles. The Morgan fingerprint density at radius 1 is 1.25 bits per heavy atom. The highest BCUT2D eigenvalue weighted by molar-refractivity contribution is 6.36. The maximum absolute atomic E-state index is 12.3. The Balaban J connectivity index is 1.73. The molecule has 4 atom stereocenters. The summed E-state index contributed by atoms with van der Waals surface area (Å²) in [6, 6.07) is 4.08. The van der Waals surface area contributed by atoms with Crippen molar-refractivity contribution in [2.24, 2.45) is 11.8 Å². The van der Waals surface area contributed by atoms with Crippen LogP contribution in [-0.4, -0.2) is 34.6 Å². The lowest BCUT2D eigenvalue weighted by molar-refractivity contribution is -0.134. The zero-order valence-electron chi connectivity index (χ0n) is 14.3. The van der Waals surface area contributed by atoms with Gasteiger partial charge in [0, 0.05) is 28.5 Å². The van der Waals surface area contributed by atoms with Crippen LogP contribution in [0, 0.1) is 18.8 Å². The number of likely N-dealkylation sites (tertiary alicyclic amines) is 1. The van der Waals surface area contributed by atoms with E-state index in [-0.39, 0.29) is 29.9 Å². The zero-order valence-corrected chi connectivity index (χ0v) is 15.8. The summed E-state index contributed by atoms with van der Waals surface area (Å²) in [7, 11) is 0.